The molecule has 0 bridgehead atoms. The summed E-state index contributed by atoms with van der Waals surface area (Å²) in [6.07, 6.45) is 3.53. The van der Waals surface area contributed by atoms with Crippen molar-refractivity contribution in [2.45, 2.75) is 25.8 Å². The van der Waals surface area contributed by atoms with Crippen molar-refractivity contribution in [3.05, 3.63) is 46.1 Å². The van der Waals surface area contributed by atoms with Gasteiger partial charge in [-0.3, -0.25) is 9.59 Å². The molecule has 0 unspecified atom stereocenters. The Labute approximate surface area is 171 Å². The molecule has 1 amide bonds. The van der Waals surface area contributed by atoms with E-state index in [0.717, 1.165) is 50.4 Å². The predicted molar refractivity (Wildman–Crippen MR) is 113 cm³/mol. The van der Waals surface area contributed by atoms with Crippen LogP contribution >= 0.6 is 0 Å². The molecule has 2 aliphatic heterocycles. The van der Waals surface area contributed by atoms with Crippen LogP contribution in [0.3, 0.4) is 0 Å². The first-order valence-electron chi connectivity index (χ1n) is 10.4. The topological polar surface area (TPSA) is 66.6 Å². The van der Waals surface area contributed by atoms with E-state index in [1.165, 1.54) is 0 Å². The Morgan fingerprint density at radius 1 is 1.10 bits per heavy atom. The van der Waals surface area contributed by atoms with Crippen molar-refractivity contribution in [3.63, 3.8) is 0 Å². The highest BCUT2D eigenvalue weighted by molar-refractivity contribution is 5.93. The van der Waals surface area contributed by atoms with Crippen molar-refractivity contribution in [1.29, 1.82) is 0 Å². The van der Waals surface area contributed by atoms with Gasteiger partial charge < -0.3 is 19.3 Å². The van der Waals surface area contributed by atoms with Crippen LogP contribution in [0.4, 0.5) is 5.69 Å². The van der Waals surface area contributed by atoms with Gasteiger partial charge in [0.2, 0.25) is 0 Å². The van der Waals surface area contributed by atoms with Crippen LogP contribution in [-0.4, -0.2) is 76.4 Å². The summed E-state index contributed by atoms with van der Waals surface area (Å²) < 4.78 is 3.48. The third-order valence-corrected chi connectivity index (χ3v) is 6.30. The Bertz CT molecular complexity index is 941. The van der Waals surface area contributed by atoms with Crippen LogP contribution in [0.15, 0.2) is 29.2 Å². The van der Waals surface area contributed by atoms with Crippen molar-refractivity contribution in [2.24, 2.45) is 7.05 Å². The second-order valence-electron chi connectivity index (χ2n) is 8.25. The van der Waals surface area contributed by atoms with Gasteiger partial charge >= 0.3 is 0 Å². The van der Waals surface area contributed by atoms with Crippen LogP contribution in [0.25, 0.3) is 0 Å². The van der Waals surface area contributed by atoms with Gasteiger partial charge in [0.25, 0.3) is 11.5 Å². The van der Waals surface area contributed by atoms with E-state index >= 15 is 0 Å². The first-order chi connectivity index (χ1) is 13.9. The lowest BCUT2D eigenvalue weighted by molar-refractivity contribution is 0.0660. The molecule has 0 saturated carbocycles. The summed E-state index contributed by atoms with van der Waals surface area (Å²) in [6.45, 7) is 7.01. The highest BCUT2D eigenvalue weighted by Crippen LogP contribution is 2.22. The van der Waals surface area contributed by atoms with Gasteiger partial charge in [-0.15, -0.1) is 0 Å². The molecule has 8 nitrogen and oxygen atoms in total. The summed E-state index contributed by atoms with van der Waals surface area (Å²) in [6, 6.07) is 5.44. The Morgan fingerprint density at radius 3 is 2.52 bits per heavy atom. The zero-order chi connectivity index (χ0) is 20.5. The van der Waals surface area contributed by atoms with Gasteiger partial charge in [-0.05, 0) is 38.9 Å². The van der Waals surface area contributed by atoms with Crippen molar-refractivity contribution in [3.8, 4) is 0 Å². The number of hydrogen-bond acceptors (Lipinski definition) is 5. The molecule has 2 aromatic heterocycles. The molecule has 0 aromatic carbocycles. The quantitative estimate of drug-likeness (QED) is 0.775. The van der Waals surface area contributed by atoms with Crippen molar-refractivity contribution in [1.82, 2.24) is 24.1 Å². The smallest absolute Gasteiger partial charge is 0.270 e. The Kier molecular flexibility index (Phi) is 5.45. The molecule has 0 radical (unpaired) electrons. The van der Waals surface area contributed by atoms with Crippen LogP contribution < -0.4 is 10.5 Å². The van der Waals surface area contributed by atoms with Gasteiger partial charge in [0.05, 0.1) is 17.9 Å². The van der Waals surface area contributed by atoms with Crippen LogP contribution in [0, 0.1) is 6.92 Å². The van der Waals surface area contributed by atoms with E-state index in [0.29, 0.717) is 18.8 Å². The Morgan fingerprint density at radius 2 is 1.86 bits per heavy atom. The lowest BCUT2D eigenvalue weighted by Crippen LogP contribution is -2.46. The van der Waals surface area contributed by atoms with Gasteiger partial charge in [-0.2, -0.15) is 5.10 Å². The number of rotatable bonds is 3. The van der Waals surface area contributed by atoms with Crippen molar-refractivity contribution < 1.29 is 4.79 Å². The first-order valence-corrected chi connectivity index (χ1v) is 10.4. The number of carbonyl (C=O) groups is 1. The van der Waals surface area contributed by atoms with E-state index < -0.39 is 0 Å². The number of amides is 1. The van der Waals surface area contributed by atoms with Crippen LogP contribution in [-0.2, 0) is 7.05 Å². The highest BCUT2D eigenvalue weighted by atomic mass is 16.2. The van der Waals surface area contributed by atoms with Gasteiger partial charge in [0.1, 0.15) is 5.69 Å². The van der Waals surface area contributed by atoms with Gasteiger partial charge in [-0.1, -0.05) is 0 Å². The van der Waals surface area contributed by atoms with E-state index in [1.54, 1.807) is 16.9 Å². The molecule has 0 spiro atoms. The van der Waals surface area contributed by atoms with Crippen LogP contribution in [0.5, 0.6) is 0 Å². The van der Waals surface area contributed by atoms with Gasteiger partial charge in [-0.25, -0.2) is 4.68 Å². The summed E-state index contributed by atoms with van der Waals surface area (Å²) in [5, 5.41) is 4.49. The fourth-order valence-corrected chi connectivity index (χ4v) is 4.25. The van der Waals surface area contributed by atoms with Crippen molar-refractivity contribution >= 4 is 11.6 Å². The SMILES string of the molecule is Cc1ccc(C(=O)N2CCC[C@H](n3ncc(N4CCN(C)CC4)cc3=O)C2)n1C. The minimum Gasteiger partial charge on any atom is -0.368 e. The van der Waals surface area contributed by atoms with E-state index in [2.05, 4.69) is 21.9 Å². The lowest BCUT2D eigenvalue weighted by atomic mass is 10.1. The molecule has 4 heterocycles. The molecule has 8 heteroatoms. The number of likely N-dealkylation sites (tertiary alicyclic amines) is 1. The zero-order valence-electron chi connectivity index (χ0n) is 17.5. The summed E-state index contributed by atoms with van der Waals surface area (Å²) in [7, 11) is 4.02. The van der Waals surface area contributed by atoms with E-state index in [4.69, 9.17) is 0 Å². The molecule has 2 fully saturated rings. The number of anilines is 1. The van der Waals surface area contributed by atoms with Crippen molar-refractivity contribution in [2.75, 3.05) is 51.2 Å². The maximum absolute atomic E-state index is 13.0. The van der Waals surface area contributed by atoms with Crippen LogP contribution in [0.2, 0.25) is 0 Å². The molecule has 29 heavy (non-hydrogen) atoms. The molecule has 2 aliphatic rings. The van der Waals surface area contributed by atoms with Crippen LogP contribution in [0.1, 0.15) is 35.1 Å². The number of aryl methyl sites for hydroxylation is 1. The summed E-state index contributed by atoms with van der Waals surface area (Å²) >= 11 is 0. The normalized spacial score (nSPS) is 20.9. The molecular formula is C21H30N6O2. The number of hydrogen-bond donors (Lipinski definition) is 0. The number of nitrogens with zero attached hydrogens (tertiary/aromatic N) is 6. The van der Waals surface area contributed by atoms with E-state index in [1.807, 2.05) is 35.6 Å². The second-order valence-corrected chi connectivity index (χ2v) is 8.25. The Balaban J connectivity index is 1.49. The molecule has 2 saturated heterocycles. The zero-order valence-corrected chi connectivity index (χ0v) is 17.5. The molecular weight excluding hydrogens is 368 g/mol. The third kappa shape index (κ3) is 3.94. The molecule has 1 atom stereocenters. The lowest BCUT2D eigenvalue weighted by Gasteiger charge is -2.35. The fourth-order valence-electron chi connectivity index (χ4n) is 4.25. The monoisotopic (exact) mass is 398 g/mol. The minimum atomic E-state index is -0.0876. The standard InChI is InChI=1S/C21H30N6O2/c1-16-6-7-19(24(16)3)21(29)26-8-4-5-17(15-26)27-20(28)13-18(14-22-27)25-11-9-23(2)10-12-25/h6-7,13-14,17H,4-5,8-12,15H2,1-3H3/t17-/m0/s1. The maximum Gasteiger partial charge on any atom is 0.270 e. The third-order valence-electron chi connectivity index (χ3n) is 6.30. The maximum atomic E-state index is 13.0. The van der Waals surface area contributed by atoms with Gasteiger partial charge in [0.15, 0.2) is 0 Å². The molecule has 4 rings (SSSR count). The Hall–Kier alpha value is -2.61. The molecule has 0 aliphatic carbocycles. The average molecular weight is 399 g/mol. The van der Waals surface area contributed by atoms with E-state index in [9.17, 15) is 9.59 Å². The number of aromatic nitrogens is 3. The summed E-state index contributed by atoms with van der Waals surface area (Å²) in [5.41, 5.74) is 2.55. The highest BCUT2D eigenvalue weighted by Gasteiger charge is 2.28. The number of piperidine rings is 1. The van der Waals surface area contributed by atoms with E-state index in [-0.39, 0.29) is 17.5 Å². The largest absolute Gasteiger partial charge is 0.368 e. The number of likely N-dealkylation sites (N-methyl/N-ethyl adjacent to an activating group) is 1. The molecule has 156 valence electrons. The fraction of sp³-hybridized carbons (Fsp3) is 0.571. The predicted octanol–water partition coefficient (Wildman–Crippen LogP) is 1.12. The number of piperazine rings is 1. The average Bonchev–Trinajstić information content (AvgIpc) is 3.06. The molecule has 0 N–H and O–H groups in total. The minimum absolute atomic E-state index is 0.0207. The second kappa shape index (κ2) is 8.02. The van der Waals surface area contributed by atoms with Gasteiger partial charge in [0, 0.05) is 58.1 Å². The number of carbonyl (C=O) groups excluding carboxylic acids is 1. The first kappa shape index (κ1) is 19.7. The molecule has 2 aromatic rings. The summed E-state index contributed by atoms with van der Waals surface area (Å²) in [4.78, 5) is 32.1. The summed E-state index contributed by atoms with van der Waals surface area (Å²) in [5.74, 6) is 0.0207.